The molecule has 1 saturated carbocycles. The van der Waals surface area contributed by atoms with Crippen molar-refractivity contribution in [1.29, 1.82) is 0 Å². The smallest absolute Gasteiger partial charge is 0.315 e. The summed E-state index contributed by atoms with van der Waals surface area (Å²) in [6.45, 7) is 2.71. The molecule has 28 heavy (non-hydrogen) atoms. The molecule has 1 atom stereocenters. The number of nitrogens with zero attached hydrogens (tertiary/aromatic N) is 1. The monoisotopic (exact) mass is 389 g/mol. The molecule has 1 heterocycles. The number of ether oxygens (including phenoxy) is 2. The van der Waals surface area contributed by atoms with Crippen LogP contribution in [0.4, 0.5) is 4.79 Å². The standard InChI is InChI=1S/C22H35N3O3/c1-27-20-12-11-17(15-21(20)28-2)19(25-13-7-4-8-14-25)16-23-22(26)24-18-9-5-3-6-10-18/h11-12,15,18-19H,3-10,13-14,16H2,1-2H3,(H2,23,24,26). The van der Waals surface area contributed by atoms with E-state index >= 15 is 0 Å². The molecule has 1 aliphatic heterocycles. The fourth-order valence-electron chi connectivity index (χ4n) is 4.42. The Morgan fingerprint density at radius 1 is 1.04 bits per heavy atom. The van der Waals surface area contributed by atoms with Gasteiger partial charge in [0.25, 0.3) is 0 Å². The van der Waals surface area contributed by atoms with Crippen molar-refractivity contribution in [2.45, 2.75) is 63.5 Å². The minimum atomic E-state index is -0.0469. The molecule has 6 heteroatoms. The van der Waals surface area contributed by atoms with Crippen LogP contribution in [0, 0.1) is 0 Å². The zero-order chi connectivity index (χ0) is 19.8. The van der Waals surface area contributed by atoms with Gasteiger partial charge in [0.15, 0.2) is 11.5 Å². The second-order valence-corrected chi connectivity index (χ2v) is 7.92. The molecule has 0 aromatic heterocycles. The summed E-state index contributed by atoms with van der Waals surface area (Å²) in [5.74, 6) is 1.46. The number of carbonyl (C=O) groups excluding carboxylic acids is 1. The summed E-state index contributed by atoms with van der Waals surface area (Å²) < 4.78 is 10.9. The van der Waals surface area contributed by atoms with Gasteiger partial charge < -0.3 is 20.1 Å². The molecular formula is C22H35N3O3. The van der Waals surface area contributed by atoms with Crippen LogP contribution < -0.4 is 20.1 Å². The maximum absolute atomic E-state index is 12.5. The lowest BCUT2D eigenvalue weighted by Gasteiger charge is -2.35. The molecule has 1 unspecified atom stereocenters. The number of rotatable bonds is 7. The second kappa shape index (κ2) is 10.6. The maximum atomic E-state index is 12.5. The van der Waals surface area contributed by atoms with Gasteiger partial charge in [-0.1, -0.05) is 31.7 Å². The molecule has 1 aliphatic carbocycles. The van der Waals surface area contributed by atoms with E-state index in [0.717, 1.165) is 43.0 Å². The van der Waals surface area contributed by atoms with Crippen LogP contribution in [0.5, 0.6) is 11.5 Å². The van der Waals surface area contributed by atoms with E-state index in [9.17, 15) is 4.79 Å². The molecule has 0 spiro atoms. The number of amides is 2. The van der Waals surface area contributed by atoms with E-state index in [1.807, 2.05) is 12.1 Å². The van der Waals surface area contributed by atoms with Crippen LogP contribution in [-0.4, -0.2) is 50.8 Å². The van der Waals surface area contributed by atoms with Gasteiger partial charge in [-0.3, -0.25) is 4.90 Å². The van der Waals surface area contributed by atoms with E-state index < -0.39 is 0 Å². The lowest BCUT2D eigenvalue weighted by molar-refractivity contribution is 0.159. The molecular weight excluding hydrogens is 354 g/mol. The summed E-state index contributed by atoms with van der Waals surface area (Å²) in [5, 5.41) is 6.28. The average Bonchev–Trinajstić information content (AvgIpc) is 2.75. The van der Waals surface area contributed by atoms with Crippen molar-refractivity contribution >= 4 is 6.03 Å². The van der Waals surface area contributed by atoms with Gasteiger partial charge in [0.1, 0.15) is 0 Å². The molecule has 1 aromatic rings. The van der Waals surface area contributed by atoms with Crippen molar-refractivity contribution in [2.24, 2.45) is 0 Å². The zero-order valence-electron chi connectivity index (χ0n) is 17.3. The minimum Gasteiger partial charge on any atom is -0.493 e. The van der Waals surface area contributed by atoms with Crippen LogP contribution >= 0.6 is 0 Å². The third-order valence-electron chi connectivity index (χ3n) is 6.02. The van der Waals surface area contributed by atoms with Crippen LogP contribution in [0.2, 0.25) is 0 Å². The molecule has 6 nitrogen and oxygen atoms in total. The summed E-state index contributed by atoms with van der Waals surface area (Å²) in [5.41, 5.74) is 1.15. The molecule has 1 aromatic carbocycles. The number of hydrogen-bond donors (Lipinski definition) is 2. The van der Waals surface area contributed by atoms with Crippen molar-refractivity contribution in [2.75, 3.05) is 33.9 Å². The third kappa shape index (κ3) is 5.53. The third-order valence-corrected chi connectivity index (χ3v) is 6.02. The molecule has 2 aliphatic rings. The van der Waals surface area contributed by atoms with Gasteiger partial charge in [0.05, 0.1) is 20.3 Å². The van der Waals surface area contributed by atoms with E-state index in [-0.39, 0.29) is 12.1 Å². The van der Waals surface area contributed by atoms with Gasteiger partial charge in [-0.05, 0) is 56.5 Å². The predicted molar refractivity (Wildman–Crippen MR) is 111 cm³/mol. The van der Waals surface area contributed by atoms with E-state index in [2.05, 4.69) is 21.6 Å². The Kier molecular flexibility index (Phi) is 7.83. The number of carbonyl (C=O) groups is 1. The Morgan fingerprint density at radius 2 is 1.71 bits per heavy atom. The van der Waals surface area contributed by atoms with Crippen LogP contribution in [0.3, 0.4) is 0 Å². The first-order chi connectivity index (χ1) is 13.7. The first-order valence-electron chi connectivity index (χ1n) is 10.7. The first-order valence-corrected chi connectivity index (χ1v) is 10.7. The maximum Gasteiger partial charge on any atom is 0.315 e. The molecule has 0 radical (unpaired) electrons. The highest BCUT2D eigenvalue weighted by atomic mass is 16.5. The van der Waals surface area contributed by atoms with E-state index in [1.54, 1.807) is 14.2 Å². The van der Waals surface area contributed by atoms with Crippen LogP contribution in [-0.2, 0) is 0 Å². The average molecular weight is 390 g/mol. The molecule has 2 N–H and O–H groups in total. The highest BCUT2D eigenvalue weighted by molar-refractivity contribution is 5.74. The highest BCUT2D eigenvalue weighted by Gasteiger charge is 2.24. The summed E-state index contributed by atoms with van der Waals surface area (Å²) in [7, 11) is 3.31. The summed E-state index contributed by atoms with van der Waals surface area (Å²) >= 11 is 0. The quantitative estimate of drug-likeness (QED) is 0.743. The Balaban J connectivity index is 1.67. The van der Waals surface area contributed by atoms with Gasteiger partial charge in [-0.2, -0.15) is 0 Å². The SMILES string of the molecule is COc1ccc(C(CNC(=O)NC2CCCCC2)N2CCCCC2)cc1OC. The van der Waals surface area contributed by atoms with Crippen LogP contribution in [0.15, 0.2) is 18.2 Å². The number of nitrogens with one attached hydrogen (secondary N) is 2. The largest absolute Gasteiger partial charge is 0.493 e. The number of hydrogen-bond acceptors (Lipinski definition) is 4. The Labute approximate surface area is 169 Å². The molecule has 1 saturated heterocycles. The normalized spacial score (nSPS) is 19.6. The fourth-order valence-corrected chi connectivity index (χ4v) is 4.42. The van der Waals surface area contributed by atoms with Crippen molar-refractivity contribution in [3.8, 4) is 11.5 Å². The molecule has 156 valence electrons. The summed E-state index contributed by atoms with van der Waals surface area (Å²) in [6, 6.07) is 6.49. The fraction of sp³-hybridized carbons (Fsp3) is 0.682. The van der Waals surface area contributed by atoms with E-state index in [0.29, 0.717) is 12.6 Å². The first kappa shape index (κ1) is 20.8. The Hall–Kier alpha value is -1.95. The molecule has 3 rings (SSSR count). The molecule has 2 amide bonds. The summed E-state index contributed by atoms with van der Waals surface area (Å²) in [6.07, 6.45) is 9.61. The Morgan fingerprint density at radius 3 is 2.39 bits per heavy atom. The van der Waals surface area contributed by atoms with Crippen LogP contribution in [0.1, 0.15) is 63.0 Å². The molecule has 0 bridgehead atoms. The summed E-state index contributed by atoms with van der Waals surface area (Å²) in [4.78, 5) is 14.9. The van der Waals surface area contributed by atoms with Gasteiger partial charge >= 0.3 is 6.03 Å². The number of likely N-dealkylation sites (tertiary alicyclic amines) is 1. The number of benzene rings is 1. The lowest BCUT2D eigenvalue weighted by atomic mass is 9.96. The van der Waals surface area contributed by atoms with Crippen molar-refractivity contribution in [3.05, 3.63) is 23.8 Å². The minimum absolute atomic E-state index is 0.0469. The second-order valence-electron chi connectivity index (χ2n) is 7.92. The van der Waals surface area contributed by atoms with Gasteiger partial charge in [0.2, 0.25) is 0 Å². The molecule has 2 fully saturated rings. The van der Waals surface area contributed by atoms with Crippen molar-refractivity contribution in [3.63, 3.8) is 0 Å². The topological polar surface area (TPSA) is 62.8 Å². The van der Waals surface area contributed by atoms with E-state index in [4.69, 9.17) is 9.47 Å². The number of piperidine rings is 1. The van der Waals surface area contributed by atoms with Crippen molar-refractivity contribution < 1.29 is 14.3 Å². The van der Waals surface area contributed by atoms with Crippen LogP contribution in [0.25, 0.3) is 0 Å². The van der Waals surface area contributed by atoms with E-state index in [1.165, 1.54) is 38.5 Å². The lowest BCUT2D eigenvalue weighted by Crippen LogP contribution is -2.46. The number of urea groups is 1. The Bertz CT molecular complexity index is 625. The predicted octanol–water partition coefficient (Wildman–Crippen LogP) is 3.86. The van der Waals surface area contributed by atoms with Gasteiger partial charge in [-0.15, -0.1) is 0 Å². The van der Waals surface area contributed by atoms with Gasteiger partial charge in [0, 0.05) is 12.6 Å². The number of methoxy groups -OCH3 is 2. The highest BCUT2D eigenvalue weighted by Crippen LogP contribution is 2.32. The van der Waals surface area contributed by atoms with Gasteiger partial charge in [-0.25, -0.2) is 4.79 Å². The van der Waals surface area contributed by atoms with Crippen molar-refractivity contribution in [1.82, 2.24) is 15.5 Å². The zero-order valence-corrected chi connectivity index (χ0v) is 17.3.